The van der Waals surface area contributed by atoms with Gasteiger partial charge in [-0.3, -0.25) is 9.59 Å². The molecule has 3 aliphatic rings. The third kappa shape index (κ3) is 3.50. The normalized spacial score (nSPS) is 26.2. The summed E-state index contributed by atoms with van der Waals surface area (Å²) in [6.45, 7) is 7.05. The van der Waals surface area contributed by atoms with Crippen molar-refractivity contribution in [3.05, 3.63) is 12.7 Å². The lowest BCUT2D eigenvalue weighted by atomic mass is 9.72. The van der Waals surface area contributed by atoms with Crippen LogP contribution in [0.4, 0.5) is 4.79 Å². The van der Waals surface area contributed by atoms with Crippen LogP contribution in [0.1, 0.15) is 38.5 Å². The topological polar surface area (TPSA) is 87.0 Å². The van der Waals surface area contributed by atoms with Crippen LogP contribution in [-0.2, 0) is 9.59 Å². The molecule has 1 atom stereocenters. The van der Waals surface area contributed by atoms with E-state index in [0.29, 0.717) is 39.0 Å². The molecule has 0 aromatic heterocycles. The van der Waals surface area contributed by atoms with Crippen molar-refractivity contribution in [1.29, 1.82) is 0 Å². The second kappa shape index (κ2) is 7.06. The maximum Gasteiger partial charge on any atom is 0.315 e. The third-order valence-electron chi connectivity index (χ3n) is 6.05. The average Bonchev–Trinajstić information content (AvgIpc) is 3.09. The molecule has 3 fully saturated rings. The first-order chi connectivity index (χ1) is 12.0. The Morgan fingerprint density at radius 3 is 2.60 bits per heavy atom. The van der Waals surface area contributed by atoms with Crippen LogP contribution in [0.5, 0.6) is 0 Å². The molecule has 3 rings (SSSR count). The third-order valence-corrected chi connectivity index (χ3v) is 6.05. The van der Waals surface area contributed by atoms with Gasteiger partial charge in [-0.25, -0.2) is 4.79 Å². The van der Waals surface area contributed by atoms with Gasteiger partial charge in [0.25, 0.3) is 0 Å². The van der Waals surface area contributed by atoms with Crippen LogP contribution in [-0.4, -0.2) is 71.3 Å². The fraction of sp³-hybridized carbons (Fsp3) is 0.722. The van der Waals surface area contributed by atoms with Gasteiger partial charge >= 0.3 is 6.03 Å². The van der Waals surface area contributed by atoms with Crippen LogP contribution in [0.2, 0.25) is 0 Å². The average molecular weight is 348 g/mol. The van der Waals surface area contributed by atoms with E-state index in [1.165, 1.54) is 4.90 Å². The van der Waals surface area contributed by atoms with Crippen molar-refractivity contribution in [2.75, 3.05) is 32.7 Å². The predicted molar refractivity (Wildman–Crippen MR) is 93.6 cm³/mol. The lowest BCUT2D eigenvalue weighted by molar-refractivity contribution is -0.143. The largest absolute Gasteiger partial charge is 0.351 e. The molecule has 3 heterocycles. The highest BCUT2D eigenvalue weighted by Crippen LogP contribution is 2.40. The lowest BCUT2D eigenvalue weighted by Gasteiger charge is -2.47. The summed E-state index contributed by atoms with van der Waals surface area (Å²) >= 11 is 0. The maximum atomic E-state index is 12.8. The van der Waals surface area contributed by atoms with Crippen molar-refractivity contribution in [2.45, 2.75) is 44.6 Å². The van der Waals surface area contributed by atoms with E-state index in [1.54, 1.807) is 6.08 Å². The van der Waals surface area contributed by atoms with Crippen LogP contribution in [0.15, 0.2) is 12.7 Å². The molecule has 7 heteroatoms. The van der Waals surface area contributed by atoms with Gasteiger partial charge in [-0.1, -0.05) is 6.08 Å². The van der Waals surface area contributed by atoms with E-state index in [2.05, 4.69) is 6.58 Å². The molecule has 0 aliphatic carbocycles. The van der Waals surface area contributed by atoms with Crippen LogP contribution >= 0.6 is 0 Å². The molecule has 0 bridgehead atoms. The highest BCUT2D eigenvalue weighted by Gasteiger charge is 2.43. The molecule has 3 aliphatic heterocycles. The monoisotopic (exact) mass is 348 g/mol. The quantitative estimate of drug-likeness (QED) is 0.770. The molecule has 0 saturated carbocycles. The fourth-order valence-corrected chi connectivity index (χ4v) is 4.53. The van der Waals surface area contributed by atoms with Crippen LogP contribution in [0.25, 0.3) is 0 Å². The lowest BCUT2D eigenvalue weighted by Crippen LogP contribution is -2.55. The van der Waals surface area contributed by atoms with Crippen LogP contribution < -0.4 is 5.73 Å². The summed E-state index contributed by atoms with van der Waals surface area (Å²) in [4.78, 5) is 41.6. The number of nitrogens with two attached hydrogens (primary N) is 1. The SMILES string of the molecule is C=CCN1CC2(CCC1=O)CCN(C(=O)C1CCCN1C(N)=O)CC2. The molecule has 138 valence electrons. The van der Waals surface area contributed by atoms with Crippen molar-refractivity contribution >= 4 is 17.8 Å². The molecule has 2 N–H and O–H groups in total. The summed E-state index contributed by atoms with van der Waals surface area (Å²) in [5, 5.41) is 0. The number of likely N-dealkylation sites (tertiary alicyclic amines) is 3. The number of rotatable bonds is 3. The number of piperidine rings is 2. The number of urea groups is 1. The zero-order chi connectivity index (χ0) is 18.0. The predicted octanol–water partition coefficient (Wildman–Crippen LogP) is 0.947. The van der Waals surface area contributed by atoms with E-state index in [0.717, 1.165) is 32.2 Å². The van der Waals surface area contributed by atoms with Crippen molar-refractivity contribution in [3.8, 4) is 0 Å². The number of carbonyl (C=O) groups is 3. The Labute approximate surface area is 148 Å². The van der Waals surface area contributed by atoms with Gasteiger partial charge in [0, 0.05) is 39.1 Å². The minimum Gasteiger partial charge on any atom is -0.351 e. The smallest absolute Gasteiger partial charge is 0.315 e. The maximum absolute atomic E-state index is 12.8. The van der Waals surface area contributed by atoms with Crippen molar-refractivity contribution in [1.82, 2.24) is 14.7 Å². The van der Waals surface area contributed by atoms with E-state index < -0.39 is 12.1 Å². The zero-order valence-electron chi connectivity index (χ0n) is 14.8. The van der Waals surface area contributed by atoms with E-state index in [9.17, 15) is 14.4 Å². The molecule has 3 saturated heterocycles. The van der Waals surface area contributed by atoms with Gasteiger partial charge in [0.2, 0.25) is 11.8 Å². The molecule has 25 heavy (non-hydrogen) atoms. The van der Waals surface area contributed by atoms with Gasteiger partial charge in [-0.05, 0) is 37.5 Å². The number of carbonyl (C=O) groups excluding carboxylic acids is 3. The number of hydrogen-bond acceptors (Lipinski definition) is 3. The molecular formula is C18H28N4O3. The van der Waals surface area contributed by atoms with E-state index in [-0.39, 0.29) is 17.2 Å². The Kier molecular flexibility index (Phi) is 5.01. The second-order valence-corrected chi connectivity index (χ2v) is 7.58. The van der Waals surface area contributed by atoms with Gasteiger partial charge in [0.1, 0.15) is 6.04 Å². The molecule has 0 radical (unpaired) electrons. The Morgan fingerprint density at radius 2 is 1.96 bits per heavy atom. The Hall–Kier alpha value is -2.05. The first kappa shape index (κ1) is 17.8. The number of nitrogens with zero attached hydrogens (tertiary/aromatic N) is 3. The second-order valence-electron chi connectivity index (χ2n) is 7.58. The zero-order valence-corrected chi connectivity index (χ0v) is 14.8. The molecule has 4 amide bonds. The number of primary amides is 1. The first-order valence-electron chi connectivity index (χ1n) is 9.19. The van der Waals surface area contributed by atoms with Crippen molar-refractivity contribution < 1.29 is 14.4 Å². The molecular weight excluding hydrogens is 320 g/mol. The molecule has 1 unspecified atom stereocenters. The van der Waals surface area contributed by atoms with Gasteiger partial charge in [-0.2, -0.15) is 0 Å². The number of amides is 4. The standard InChI is InChI=1S/C18H28N4O3/c1-2-9-21-13-18(6-5-15(21)23)7-11-20(12-8-18)16(24)14-4-3-10-22(14)17(19)25/h2,14H,1,3-13H2,(H2,19,25). The Morgan fingerprint density at radius 1 is 1.24 bits per heavy atom. The highest BCUT2D eigenvalue weighted by molar-refractivity contribution is 5.87. The minimum atomic E-state index is -0.504. The number of hydrogen-bond donors (Lipinski definition) is 1. The molecule has 0 aromatic carbocycles. The Balaban J connectivity index is 1.60. The van der Waals surface area contributed by atoms with Gasteiger partial charge in [0.05, 0.1) is 0 Å². The molecule has 0 aromatic rings. The summed E-state index contributed by atoms with van der Waals surface area (Å²) in [5.41, 5.74) is 5.51. The van der Waals surface area contributed by atoms with E-state index in [4.69, 9.17) is 5.73 Å². The fourth-order valence-electron chi connectivity index (χ4n) is 4.53. The van der Waals surface area contributed by atoms with Gasteiger partial charge in [-0.15, -0.1) is 6.58 Å². The molecule has 7 nitrogen and oxygen atoms in total. The first-order valence-corrected chi connectivity index (χ1v) is 9.19. The molecule has 1 spiro atoms. The summed E-state index contributed by atoms with van der Waals surface area (Å²) < 4.78 is 0. The summed E-state index contributed by atoms with van der Waals surface area (Å²) in [6, 6.07) is -0.896. The highest BCUT2D eigenvalue weighted by atomic mass is 16.2. The van der Waals surface area contributed by atoms with Crippen molar-refractivity contribution in [2.24, 2.45) is 11.1 Å². The van der Waals surface area contributed by atoms with Gasteiger partial charge < -0.3 is 20.4 Å². The van der Waals surface area contributed by atoms with Crippen LogP contribution in [0.3, 0.4) is 0 Å². The Bertz CT molecular complexity index is 569. The minimum absolute atomic E-state index is 0.0287. The van der Waals surface area contributed by atoms with Gasteiger partial charge in [0.15, 0.2) is 0 Å². The van der Waals surface area contributed by atoms with E-state index >= 15 is 0 Å². The summed E-state index contributed by atoms with van der Waals surface area (Å²) in [7, 11) is 0. The van der Waals surface area contributed by atoms with E-state index in [1.807, 2.05) is 9.80 Å². The summed E-state index contributed by atoms with van der Waals surface area (Å²) in [6.07, 6.45) is 6.60. The summed E-state index contributed by atoms with van der Waals surface area (Å²) in [5.74, 6) is 0.230. The van der Waals surface area contributed by atoms with Crippen molar-refractivity contribution in [3.63, 3.8) is 0 Å². The van der Waals surface area contributed by atoms with Crippen LogP contribution in [0, 0.1) is 5.41 Å².